The van der Waals surface area contributed by atoms with Crippen LogP contribution in [-0.2, 0) is 4.79 Å². The van der Waals surface area contributed by atoms with Crippen LogP contribution in [0, 0.1) is 5.92 Å². The van der Waals surface area contributed by atoms with Crippen molar-refractivity contribution >= 4 is 17.7 Å². The zero-order valence-corrected chi connectivity index (χ0v) is 12.3. The first-order valence-corrected chi connectivity index (χ1v) is 7.89. The van der Waals surface area contributed by atoms with Crippen molar-refractivity contribution in [1.82, 2.24) is 5.32 Å². The lowest BCUT2D eigenvalue weighted by Gasteiger charge is -2.27. The molecule has 0 aromatic heterocycles. The zero-order chi connectivity index (χ0) is 13.6. The molecule has 5 heteroatoms. The average molecular weight is 274 g/mol. The Kier molecular flexibility index (Phi) is 6.46. The SMILES string of the molecule is CC(CO)CSCCCC(C)(NC1CC1)C(N)=O. The fraction of sp³-hybridized carbons (Fsp3) is 0.923. The van der Waals surface area contributed by atoms with Gasteiger partial charge in [0.05, 0.1) is 5.54 Å². The second-order valence-electron chi connectivity index (χ2n) is 5.58. The summed E-state index contributed by atoms with van der Waals surface area (Å²) in [6.45, 7) is 4.19. The summed E-state index contributed by atoms with van der Waals surface area (Å²) in [5, 5.41) is 12.3. The van der Waals surface area contributed by atoms with Gasteiger partial charge in [-0.05, 0) is 50.0 Å². The molecule has 0 radical (unpaired) electrons. The van der Waals surface area contributed by atoms with E-state index in [0.29, 0.717) is 12.0 Å². The Morgan fingerprint density at radius 1 is 1.61 bits per heavy atom. The third-order valence-corrected chi connectivity index (χ3v) is 4.71. The van der Waals surface area contributed by atoms with E-state index in [1.165, 1.54) is 0 Å². The fourth-order valence-electron chi connectivity index (χ4n) is 1.81. The van der Waals surface area contributed by atoms with E-state index < -0.39 is 5.54 Å². The van der Waals surface area contributed by atoms with Gasteiger partial charge in [0, 0.05) is 12.6 Å². The third kappa shape index (κ3) is 5.59. The highest BCUT2D eigenvalue weighted by Gasteiger charge is 2.36. The second-order valence-corrected chi connectivity index (χ2v) is 6.73. The smallest absolute Gasteiger partial charge is 0.237 e. The molecule has 106 valence electrons. The largest absolute Gasteiger partial charge is 0.396 e. The molecule has 2 atom stereocenters. The molecular weight excluding hydrogens is 248 g/mol. The molecule has 0 spiro atoms. The second kappa shape index (κ2) is 7.36. The Balaban J connectivity index is 2.19. The maximum atomic E-state index is 11.5. The zero-order valence-electron chi connectivity index (χ0n) is 11.4. The highest BCUT2D eigenvalue weighted by atomic mass is 32.2. The minimum Gasteiger partial charge on any atom is -0.396 e. The van der Waals surface area contributed by atoms with Crippen LogP contribution in [0.25, 0.3) is 0 Å². The number of aliphatic hydroxyl groups is 1. The van der Waals surface area contributed by atoms with Gasteiger partial charge in [-0.1, -0.05) is 6.92 Å². The van der Waals surface area contributed by atoms with Crippen LogP contribution in [0.4, 0.5) is 0 Å². The maximum absolute atomic E-state index is 11.5. The van der Waals surface area contributed by atoms with Crippen LogP contribution < -0.4 is 11.1 Å². The van der Waals surface area contributed by atoms with E-state index in [1.54, 1.807) is 0 Å². The van der Waals surface area contributed by atoms with Gasteiger partial charge in [0.25, 0.3) is 0 Å². The molecule has 1 aliphatic rings. The molecule has 0 saturated heterocycles. The maximum Gasteiger partial charge on any atom is 0.237 e. The molecule has 1 rings (SSSR count). The molecule has 0 heterocycles. The number of hydrogen-bond acceptors (Lipinski definition) is 4. The number of aliphatic hydroxyl groups excluding tert-OH is 1. The average Bonchev–Trinajstić information content (AvgIpc) is 3.11. The number of thioether (sulfide) groups is 1. The molecule has 0 aliphatic heterocycles. The number of hydrogen-bond donors (Lipinski definition) is 3. The lowest BCUT2D eigenvalue weighted by Crippen LogP contribution is -2.54. The summed E-state index contributed by atoms with van der Waals surface area (Å²) < 4.78 is 0. The Bertz CT molecular complexity index is 272. The Morgan fingerprint density at radius 2 is 2.28 bits per heavy atom. The Labute approximate surface area is 114 Å². The van der Waals surface area contributed by atoms with Crippen molar-refractivity contribution < 1.29 is 9.90 Å². The number of nitrogens with two attached hydrogens (primary N) is 1. The van der Waals surface area contributed by atoms with Crippen molar-refractivity contribution in [3.8, 4) is 0 Å². The van der Waals surface area contributed by atoms with Crippen LogP contribution in [0.2, 0.25) is 0 Å². The first-order chi connectivity index (χ1) is 8.48. The van der Waals surface area contributed by atoms with Crippen LogP contribution in [-0.4, -0.2) is 40.7 Å². The highest BCUT2D eigenvalue weighted by Crippen LogP contribution is 2.25. The van der Waals surface area contributed by atoms with Gasteiger partial charge < -0.3 is 16.2 Å². The summed E-state index contributed by atoms with van der Waals surface area (Å²) in [6.07, 6.45) is 4.08. The standard InChI is InChI=1S/C13H26N2O2S/c1-10(8-16)9-18-7-3-6-13(2,12(14)17)15-11-4-5-11/h10-11,15-16H,3-9H2,1-2H3,(H2,14,17). The molecular formula is C13H26N2O2S. The van der Waals surface area contributed by atoms with Gasteiger partial charge in [0.1, 0.15) is 0 Å². The fourth-order valence-corrected chi connectivity index (χ4v) is 2.83. The van der Waals surface area contributed by atoms with Crippen molar-refractivity contribution in [2.24, 2.45) is 11.7 Å². The number of carbonyl (C=O) groups excluding carboxylic acids is 1. The van der Waals surface area contributed by atoms with E-state index in [9.17, 15) is 4.79 Å². The Hall–Kier alpha value is -0.260. The number of nitrogens with one attached hydrogen (secondary N) is 1. The lowest BCUT2D eigenvalue weighted by atomic mass is 9.95. The van der Waals surface area contributed by atoms with E-state index in [-0.39, 0.29) is 12.5 Å². The molecule has 0 bridgehead atoms. The number of rotatable bonds is 10. The van der Waals surface area contributed by atoms with Gasteiger partial charge in [-0.2, -0.15) is 11.8 Å². The van der Waals surface area contributed by atoms with Crippen molar-refractivity contribution in [2.75, 3.05) is 18.1 Å². The summed E-state index contributed by atoms with van der Waals surface area (Å²) in [6, 6.07) is 0.490. The van der Waals surface area contributed by atoms with E-state index in [4.69, 9.17) is 10.8 Å². The number of primary amides is 1. The minimum absolute atomic E-state index is 0.245. The van der Waals surface area contributed by atoms with E-state index >= 15 is 0 Å². The van der Waals surface area contributed by atoms with Gasteiger partial charge in [-0.3, -0.25) is 4.79 Å². The predicted molar refractivity (Wildman–Crippen MR) is 76.6 cm³/mol. The van der Waals surface area contributed by atoms with Gasteiger partial charge in [0.15, 0.2) is 0 Å². The number of carbonyl (C=O) groups is 1. The molecule has 0 aromatic rings. The van der Waals surface area contributed by atoms with E-state index in [1.807, 2.05) is 25.6 Å². The topological polar surface area (TPSA) is 75.3 Å². The molecule has 1 aliphatic carbocycles. The first kappa shape index (κ1) is 15.8. The van der Waals surface area contributed by atoms with Crippen LogP contribution in [0.3, 0.4) is 0 Å². The molecule has 4 nitrogen and oxygen atoms in total. The molecule has 2 unspecified atom stereocenters. The first-order valence-electron chi connectivity index (χ1n) is 6.74. The minimum atomic E-state index is -0.551. The highest BCUT2D eigenvalue weighted by molar-refractivity contribution is 7.99. The van der Waals surface area contributed by atoms with Crippen molar-refractivity contribution in [1.29, 1.82) is 0 Å². The van der Waals surface area contributed by atoms with Crippen molar-refractivity contribution in [2.45, 2.75) is 51.1 Å². The van der Waals surface area contributed by atoms with Crippen LogP contribution >= 0.6 is 11.8 Å². The van der Waals surface area contributed by atoms with Gasteiger partial charge >= 0.3 is 0 Å². The molecule has 18 heavy (non-hydrogen) atoms. The lowest BCUT2D eigenvalue weighted by molar-refractivity contribution is -0.124. The normalized spacial score (nSPS) is 20.4. The number of amides is 1. The van der Waals surface area contributed by atoms with E-state index in [2.05, 4.69) is 5.32 Å². The van der Waals surface area contributed by atoms with Gasteiger partial charge in [-0.25, -0.2) is 0 Å². The molecule has 1 saturated carbocycles. The molecule has 1 fully saturated rings. The molecule has 1 amide bonds. The summed E-state index contributed by atoms with van der Waals surface area (Å²) in [4.78, 5) is 11.5. The van der Waals surface area contributed by atoms with Crippen LogP contribution in [0.1, 0.15) is 39.5 Å². The predicted octanol–water partition coefficient (Wildman–Crippen LogP) is 1.12. The quantitative estimate of drug-likeness (QED) is 0.522. The van der Waals surface area contributed by atoms with Gasteiger partial charge in [-0.15, -0.1) is 0 Å². The summed E-state index contributed by atoms with van der Waals surface area (Å²) in [5.41, 5.74) is 4.94. The molecule has 4 N–H and O–H groups in total. The molecule has 0 aromatic carbocycles. The van der Waals surface area contributed by atoms with Crippen LogP contribution in [0.15, 0.2) is 0 Å². The monoisotopic (exact) mass is 274 g/mol. The van der Waals surface area contributed by atoms with E-state index in [0.717, 1.165) is 37.2 Å². The Morgan fingerprint density at radius 3 is 2.78 bits per heavy atom. The van der Waals surface area contributed by atoms with Crippen LogP contribution in [0.5, 0.6) is 0 Å². The summed E-state index contributed by atoms with van der Waals surface area (Å²) in [5.74, 6) is 2.09. The summed E-state index contributed by atoms with van der Waals surface area (Å²) in [7, 11) is 0. The summed E-state index contributed by atoms with van der Waals surface area (Å²) >= 11 is 1.83. The van der Waals surface area contributed by atoms with Crippen molar-refractivity contribution in [3.63, 3.8) is 0 Å². The van der Waals surface area contributed by atoms with Crippen molar-refractivity contribution in [3.05, 3.63) is 0 Å². The van der Waals surface area contributed by atoms with Gasteiger partial charge in [0.2, 0.25) is 5.91 Å². The third-order valence-electron chi connectivity index (χ3n) is 3.32.